The van der Waals surface area contributed by atoms with Crippen LogP contribution < -0.4 is 5.32 Å². The monoisotopic (exact) mass is 300 g/mol. The van der Waals surface area contributed by atoms with Gasteiger partial charge in [-0.25, -0.2) is 0 Å². The molecule has 3 nitrogen and oxygen atoms in total. The molecule has 1 N–H and O–H groups in total. The largest absolute Gasteiger partial charge is 0.383 e. The molecule has 0 saturated heterocycles. The van der Waals surface area contributed by atoms with Crippen LogP contribution in [0.2, 0.25) is 0 Å². The highest BCUT2D eigenvalue weighted by molar-refractivity contribution is 9.10. The van der Waals surface area contributed by atoms with Crippen molar-refractivity contribution in [2.45, 2.75) is 13.0 Å². The van der Waals surface area contributed by atoms with E-state index in [9.17, 15) is 0 Å². The van der Waals surface area contributed by atoms with Gasteiger partial charge in [-0.15, -0.1) is 0 Å². The summed E-state index contributed by atoms with van der Waals surface area (Å²) in [7, 11) is 3.86. The van der Waals surface area contributed by atoms with Crippen molar-refractivity contribution >= 4 is 21.6 Å². The van der Waals surface area contributed by atoms with Gasteiger partial charge in [-0.3, -0.25) is 4.90 Å². The van der Waals surface area contributed by atoms with Crippen molar-refractivity contribution < 1.29 is 4.74 Å². The highest BCUT2D eigenvalue weighted by Gasteiger charge is 2.07. The summed E-state index contributed by atoms with van der Waals surface area (Å²) in [5, 5.41) is 3.41. The Morgan fingerprint density at radius 2 is 2.12 bits per heavy atom. The zero-order chi connectivity index (χ0) is 12.7. The van der Waals surface area contributed by atoms with E-state index in [1.165, 1.54) is 0 Å². The highest BCUT2D eigenvalue weighted by Crippen LogP contribution is 2.20. The van der Waals surface area contributed by atoms with Crippen LogP contribution in [-0.2, 0) is 4.74 Å². The molecule has 0 aliphatic rings. The zero-order valence-electron chi connectivity index (χ0n) is 10.7. The summed E-state index contributed by atoms with van der Waals surface area (Å²) in [4.78, 5) is 2.29. The summed E-state index contributed by atoms with van der Waals surface area (Å²) < 4.78 is 6.24. The summed E-state index contributed by atoms with van der Waals surface area (Å²) in [6.07, 6.45) is 0. The Labute approximate surface area is 112 Å². The summed E-state index contributed by atoms with van der Waals surface area (Å²) in [6, 6.07) is 8.61. The van der Waals surface area contributed by atoms with Crippen LogP contribution in [0, 0.1) is 0 Å². The first-order valence-electron chi connectivity index (χ1n) is 5.82. The second kappa shape index (κ2) is 7.69. The number of ether oxygens (including phenoxy) is 1. The third kappa shape index (κ3) is 5.06. The second-order valence-corrected chi connectivity index (χ2v) is 5.05. The normalized spacial score (nSPS) is 12.8. The van der Waals surface area contributed by atoms with E-state index >= 15 is 0 Å². The number of methoxy groups -OCH3 is 1. The molecule has 0 aliphatic carbocycles. The SMILES string of the molecule is COCC(C)N(C)CCNc1ccccc1Br. The fourth-order valence-electron chi connectivity index (χ4n) is 1.56. The second-order valence-electron chi connectivity index (χ2n) is 4.19. The van der Waals surface area contributed by atoms with Gasteiger partial charge in [0.1, 0.15) is 0 Å². The Kier molecular flexibility index (Phi) is 6.55. The van der Waals surface area contributed by atoms with E-state index in [1.807, 2.05) is 18.2 Å². The molecule has 1 rings (SSSR count). The van der Waals surface area contributed by atoms with E-state index in [4.69, 9.17) is 4.74 Å². The fraction of sp³-hybridized carbons (Fsp3) is 0.538. The lowest BCUT2D eigenvalue weighted by molar-refractivity contribution is 0.118. The fourth-order valence-corrected chi connectivity index (χ4v) is 1.99. The van der Waals surface area contributed by atoms with Gasteiger partial charge in [-0.1, -0.05) is 12.1 Å². The number of anilines is 1. The van der Waals surface area contributed by atoms with Crippen LogP contribution in [0.25, 0.3) is 0 Å². The van der Waals surface area contributed by atoms with Crippen LogP contribution in [0.3, 0.4) is 0 Å². The standard InChI is InChI=1S/C13H21BrN2O/c1-11(10-17-3)16(2)9-8-15-13-7-5-4-6-12(13)14/h4-7,11,15H,8-10H2,1-3H3. The summed E-state index contributed by atoms with van der Waals surface area (Å²) in [5.74, 6) is 0. The number of nitrogens with one attached hydrogen (secondary N) is 1. The lowest BCUT2D eigenvalue weighted by Gasteiger charge is -2.24. The number of hydrogen-bond donors (Lipinski definition) is 1. The quantitative estimate of drug-likeness (QED) is 0.838. The third-order valence-electron chi connectivity index (χ3n) is 2.81. The Balaban J connectivity index is 2.30. The molecule has 0 aliphatic heterocycles. The topological polar surface area (TPSA) is 24.5 Å². The zero-order valence-corrected chi connectivity index (χ0v) is 12.3. The molecular weight excluding hydrogens is 280 g/mol. The molecule has 96 valence electrons. The van der Waals surface area contributed by atoms with Crippen LogP contribution in [0.1, 0.15) is 6.92 Å². The van der Waals surface area contributed by atoms with Gasteiger partial charge in [0.05, 0.1) is 6.61 Å². The molecule has 0 aromatic heterocycles. The van der Waals surface area contributed by atoms with Gasteiger partial charge in [0.2, 0.25) is 0 Å². The summed E-state index contributed by atoms with van der Waals surface area (Å²) >= 11 is 3.52. The van der Waals surface area contributed by atoms with Crippen LogP contribution >= 0.6 is 15.9 Å². The van der Waals surface area contributed by atoms with Crippen molar-refractivity contribution in [3.05, 3.63) is 28.7 Å². The molecular formula is C13H21BrN2O. The van der Waals surface area contributed by atoms with E-state index < -0.39 is 0 Å². The number of rotatable bonds is 7. The van der Waals surface area contributed by atoms with E-state index in [0.29, 0.717) is 6.04 Å². The Morgan fingerprint density at radius 1 is 1.41 bits per heavy atom. The molecule has 0 saturated carbocycles. The van der Waals surface area contributed by atoms with Crippen molar-refractivity contribution in [1.29, 1.82) is 0 Å². The Hall–Kier alpha value is -0.580. The molecule has 17 heavy (non-hydrogen) atoms. The first kappa shape index (κ1) is 14.5. The van der Waals surface area contributed by atoms with Crippen LogP contribution in [-0.4, -0.2) is 44.8 Å². The predicted molar refractivity (Wildman–Crippen MR) is 76.6 cm³/mol. The number of benzene rings is 1. The van der Waals surface area contributed by atoms with Gasteiger partial charge in [0.15, 0.2) is 0 Å². The van der Waals surface area contributed by atoms with Gasteiger partial charge >= 0.3 is 0 Å². The lowest BCUT2D eigenvalue weighted by Crippen LogP contribution is -2.36. The van der Waals surface area contributed by atoms with E-state index in [1.54, 1.807) is 7.11 Å². The highest BCUT2D eigenvalue weighted by atomic mass is 79.9. The predicted octanol–water partition coefficient (Wildman–Crippen LogP) is 2.83. The minimum Gasteiger partial charge on any atom is -0.383 e. The molecule has 1 aromatic rings. The molecule has 4 heteroatoms. The van der Waals surface area contributed by atoms with Crippen molar-refractivity contribution in [3.63, 3.8) is 0 Å². The minimum absolute atomic E-state index is 0.445. The van der Waals surface area contributed by atoms with Crippen molar-refractivity contribution in [2.24, 2.45) is 0 Å². The molecule has 1 unspecified atom stereocenters. The van der Waals surface area contributed by atoms with E-state index in [0.717, 1.165) is 29.9 Å². The minimum atomic E-state index is 0.445. The Morgan fingerprint density at radius 3 is 2.76 bits per heavy atom. The van der Waals surface area contributed by atoms with Gasteiger partial charge < -0.3 is 10.1 Å². The van der Waals surface area contributed by atoms with Crippen LogP contribution in [0.5, 0.6) is 0 Å². The van der Waals surface area contributed by atoms with Gasteiger partial charge in [-0.05, 0) is 42.0 Å². The molecule has 1 aromatic carbocycles. The number of halogens is 1. The molecule has 0 heterocycles. The van der Waals surface area contributed by atoms with Crippen LogP contribution in [0.4, 0.5) is 5.69 Å². The number of para-hydroxylation sites is 1. The molecule has 0 spiro atoms. The molecule has 0 radical (unpaired) electrons. The van der Waals surface area contributed by atoms with Gasteiger partial charge in [0.25, 0.3) is 0 Å². The summed E-state index contributed by atoms with van der Waals surface area (Å²) in [6.45, 7) is 4.85. The number of hydrogen-bond acceptors (Lipinski definition) is 3. The third-order valence-corrected chi connectivity index (χ3v) is 3.51. The van der Waals surface area contributed by atoms with Gasteiger partial charge in [-0.2, -0.15) is 0 Å². The van der Waals surface area contributed by atoms with Crippen molar-refractivity contribution in [3.8, 4) is 0 Å². The van der Waals surface area contributed by atoms with Gasteiger partial charge in [0, 0.05) is 36.4 Å². The molecule has 0 bridgehead atoms. The van der Waals surface area contributed by atoms with Crippen molar-refractivity contribution in [2.75, 3.05) is 39.2 Å². The maximum atomic E-state index is 5.14. The number of nitrogens with zero attached hydrogens (tertiary/aromatic N) is 1. The first-order chi connectivity index (χ1) is 8.15. The van der Waals surface area contributed by atoms with E-state index in [2.05, 4.69) is 46.2 Å². The first-order valence-corrected chi connectivity index (χ1v) is 6.62. The molecule has 1 atom stereocenters. The number of likely N-dealkylation sites (N-methyl/N-ethyl adjacent to an activating group) is 1. The smallest absolute Gasteiger partial charge is 0.0615 e. The van der Waals surface area contributed by atoms with Crippen LogP contribution in [0.15, 0.2) is 28.7 Å². The maximum absolute atomic E-state index is 5.14. The average Bonchev–Trinajstić information content (AvgIpc) is 2.31. The Bertz CT molecular complexity index is 333. The van der Waals surface area contributed by atoms with E-state index in [-0.39, 0.29) is 0 Å². The van der Waals surface area contributed by atoms with Crippen molar-refractivity contribution in [1.82, 2.24) is 4.90 Å². The summed E-state index contributed by atoms with van der Waals surface area (Å²) in [5.41, 5.74) is 1.14. The molecule has 0 fully saturated rings. The maximum Gasteiger partial charge on any atom is 0.0615 e. The molecule has 0 amide bonds. The average molecular weight is 301 g/mol. The lowest BCUT2D eigenvalue weighted by atomic mass is 10.3.